The molecule has 2 aliphatic rings. The first-order valence-electron chi connectivity index (χ1n) is 11.8. The summed E-state index contributed by atoms with van der Waals surface area (Å²) >= 11 is 0. The van der Waals surface area contributed by atoms with Crippen molar-refractivity contribution in [3.05, 3.63) is 59.7 Å². The summed E-state index contributed by atoms with van der Waals surface area (Å²) in [6, 6.07) is 14.9. The molecule has 0 bridgehead atoms. The highest BCUT2D eigenvalue weighted by Gasteiger charge is 2.39. The van der Waals surface area contributed by atoms with Gasteiger partial charge in [-0.25, -0.2) is 9.59 Å². The maximum atomic E-state index is 12.9. The third-order valence-corrected chi connectivity index (χ3v) is 6.90. The Bertz CT molecular complexity index is 1040. The first-order chi connectivity index (χ1) is 16.2. The molecular weight excluding hydrogens is 432 g/mol. The zero-order chi connectivity index (χ0) is 24.5. The fraction of sp³-hybridized carbons (Fsp3) is 0.444. The van der Waals surface area contributed by atoms with E-state index in [0.29, 0.717) is 12.8 Å². The lowest BCUT2D eigenvalue weighted by molar-refractivity contribution is -0.145. The van der Waals surface area contributed by atoms with Gasteiger partial charge < -0.3 is 20.5 Å². The number of carbonyl (C=O) groups excluding carboxylic acids is 2. The van der Waals surface area contributed by atoms with E-state index in [-0.39, 0.29) is 24.5 Å². The number of aliphatic carboxylic acids is 1. The number of carbonyl (C=O) groups is 3. The van der Waals surface area contributed by atoms with Crippen LogP contribution in [0.15, 0.2) is 48.5 Å². The molecule has 7 heteroatoms. The van der Waals surface area contributed by atoms with Gasteiger partial charge in [0, 0.05) is 12.0 Å². The summed E-state index contributed by atoms with van der Waals surface area (Å²) in [5, 5.41) is 15.0. The molecule has 1 fully saturated rings. The zero-order valence-corrected chi connectivity index (χ0v) is 19.8. The van der Waals surface area contributed by atoms with E-state index >= 15 is 0 Å². The van der Waals surface area contributed by atoms with Gasteiger partial charge in [-0.15, -0.1) is 0 Å². The minimum absolute atomic E-state index is 0.0380. The smallest absolute Gasteiger partial charge is 0.407 e. The number of amides is 2. The number of carboxylic acid groups (broad SMARTS) is 1. The molecule has 1 unspecified atom stereocenters. The van der Waals surface area contributed by atoms with Crippen molar-refractivity contribution < 1.29 is 24.2 Å². The number of hydrogen-bond acceptors (Lipinski definition) is 4. The van der Waals surface area contributed by atoms with E-state index in [1.54, 1.807) is 20.8 Å². The highest BCUT2D eigenvalue weighted by molar-refractivity contribution is 5.86. The van der Waals surface area contributed by atoms with Crippen molar-refractivity contribution in [3.8, 4) is 11.1 Å². The van der Waals surface area contributed by atoms with Gasteiger partial charge in [0.1, 0.15) is 12.6 Å². The predicted octanol–water partition coefficient (Wildman–Crippen LogP) is 4.31. The number of benzene rings is 2. The Labute approximate surface area is 199 Å². The van der Waals surface area contributed by atoms with Crippen molar-refractivity contribution in [2.45, 2.75) is 58.0 Å². The average Bonchev–Trinajstić information content (AvgIpc) is 3.37. The van der Waals surface area contributed by atoms with Crippen molar-refractivity contribution in [2.75, 3.05) is 6.61 Å². The van der Waals surface area contributed by atoms with Crippen LogP contribution in [0, 0.1) is 11.3 Å². The first-order valence-corrected chi connectivity index (χ1v) is 11.8. The molecule has 3 atom stereocenters. The quantitative estimate of drug-likeness (QED) is 0.591. The Balaban J connectivity index is 1.38. The SMILES string of the molecule is CC(C)(C)C(NC(=O)[C@@H]1CCC[C@@H]1NC(=O)OCC1c2ccccc2-c2ccccc21)C(=O)O. The van der Waals surface area contributed by atoms with Crippen LogP contribution in [0.5, 0.6) is 0 Å². The van der Waals surface area contributed by atoms with Crippen molar-refractivity contribution in [3.63, 3.8) is 0 Å². The Morgan fingerprint density at radius 1 is 1.00 bits per heavy atom. The van der Waals surface area contributed by atoms with Crippen LogP contribution in [-0.4, -0.2) is 41.8 Å². The molecule has 3 N–H and O–H groups in total. The van der Waals surface area contributed by atoms with Crippen LogP contribution in [0.2, 0.25) is 0 Å². The standard InChI is InChI=1S/C27H32N2O5/c1-27(2,3)23(25(31)32)29-24(30)20-13-8-14-22(20)28-26(33)34-15-21-18-11-6-4-9-16(18)17-10-5-7-12-19(17)21/h4-7,9-12,20-23H,8,13-15H2,1-3H3,(H,28,33)(H,29,30)(H,31,32)/t20-,22+,23?/m1/s1. The molecule has 34 heavy (non-hydrogen) atoms. The highest BCUT2D eigenvalue weighted by Crippen LogP contribution is 2.44. The van der Waals surface area contributed by atoms with Crippen LogP contribution in [-0.2, 0) is 14.3 Å². The number of alkyl carbamates (subject to hydrolysis) is 1. The number of nitrogens with one attached hydrogen (secondary N) is 2. The lowest BCUT2D eigenvalue weighted by Gasteiger charge is -2.30. The number of hydrogen-bond donors (Lipinski definition) is 3. The highest BCUT2D eigenvalue weighted by atomic mass is 16.5. The van der Waals surface area contributed by atoms with Gasteiger partial charge in [-0.1, -0.05) is 75.7 Å². The number of fused-ring (bicyclic) bond motifs is 3. The van der Waals surface area contributed by atoms with Gasteiger partial charge >= 0.3 is 12.1 Å². The molecule has 0 aromatic heterocycles. The summed E-state index contributed by atoms with van der Waals surface area (Å²) < 4.78 is 5.63. The summed E-state index contributed by atoms with van der Waals surface area (Å²) in [4.78, 5) is 37.2. The second-order valence-corrected chi connectivity index (χ2v) is 10.3. The minimum atomic E-state index is -1.07. The Hall–Kier alpha value is -3.35. The van der Waals surface area contributed by atoms with Crippen LogP contribution in [0.3, 0.4) is 0 Å². The van der Waals surface area contributed by atoms with E-state index in [0.717, 1.165) is 28.7 Å². The average molecular weight is 465 g/mol. The van der Waals surface area contributed by atoms with E-state index in [9.17, 15) is 19.5 Å². The molecule has 0 spiro atoms. The van der Waals surface area contributed by atoms with E-state index in [1.165, 1.54) is 0 Å². The fourth-order valence-electron chi connectivity index (χ4n) is 5.14. The summed E-state index contributed by atoms with van der Waals surface area (Å²) in [7, 11) is 0. The molecule has 0 radical (unpaired) electrons. The second kappa shape index (κ2) is 9.49. The molecule has 0 heterocycles. The zero-order valence-electron chi connectivity index (χ0n) is 19.8. The third kappa shape index (κ3) is 4.79. The maximum absolute atomic E-state index is 12.9. The molecule has 0 saturated heterocycles. The number of ether oxygens (including phenoxy) is 1. The van der Waals surface area contributed by atoms with Gasteiger partial charge in [-0.2, -0.15) is 0 Å². The lowest BCUT2D eigenvalue weighted by Crippen LogP contribution is -2.53. The number of carboxylic acids is 1. The first kappa shape index (κ1) is 23.8. The topological polar surface area (TPSA) is 105 Å². The molecule has 1 saturated carbocycles. The van der Waals surface area contributed by atoms with Crippen molar-refractivity contribution in [1.29, 1.82) is 0 Å². The lowest BCUT2D eigenvalue weighted by atomic mass is 9.86. The van der Waals surface area contributed by atoms with Gasteiger partial charge in [-0.05, 0) is 40.5 Å². The monoisotopic (exact) mass is 464 g/mol. The predicted molar refractivity (Wildman–Crippen MR) is 128 cm³/mol. The molecule has 7 nitrogen and oxygen atoms in total. The van der Waals surface area contributed by atoms with Gasteiger partial charge in [-0.3, -0.25) is 4.79 Å². The van der Waals surface area contributed by atoms with Gasteiger partial charge in [0.25, 0.3) is 0 Å². The molecule has 2 aromatic carbocycles. The van der Waals surface area contributed by atoms with Crippen LogP contribution in [0.4, 0.5) is 4.79 Å². The van der Waals surface area contributed by atoms with Gasteiger partial charge in [0.2, 0.25) is 5.91 Å². The van der Waals surface area contributed by atoms with Crippen LogP contribution in [0.25, 0.3) is 11.1 Å². The van der Waals surface area contributed by atoms with E-state index in [4.69, 9.17) is 4.74 Å². The van der Waals surface area contributed by atoms with Crippen LogP contribution >= 0.6 is 0 Å². The van der Waals surface area contributed by atoms with Crippen molar-refractivity contribution >= 4 is 18.0 Å². The molecule has 0 aliphatic heterocycles. The summed E-state index contributed by atoms with van der Waals surface area (Å²) in [6.07, 6.45) is 1.46. The van der Waals surface area contributed by atoms with Crippen LogP contribution in [0.1, 0.15) is 57.1 Å². The van der Waals surface area contributed by atoms with E-state index < -0.39 is 29.4 Å². The Morgan fingerprint density at radius 3 is 2.15 bits per heavy atom. The van der Waals surface area contributed by atoms with Gasteiger partial charge in [0.05, 0.1) is 5.92 Å². The molecule has 4 rings (SSSR count). The van der Waals surface area contributed by atoms with Crippen LogP contribution < -0.4 is 10.6 Å². The number of rotatable bonds is 6. The summed E-state index contributed by atoms with van der Waals surface area (Å²) in [5.74, 6) is -1.93. The summed E-state index contributed by atoms with van der Waals surface area (Å²) in [5.41, 5.74) is 3.96. The molecular formula is C27H32N2O5. The maximum Gasteiger partial charge on any atom is 0.407 e. The molecule has 180 valence electrons. The van der Waals surface area contributed by atoms with E-state index in [2.05, 4.69) is 34.9 Å². The Morgan fingerprint density at radius 2 is 1.59 bits per heavy atom. The minimum Gasteiger partial charge on any atom is -0.480 e. The largest absolute Gasteiger partial charge is 0.480 e. The Kier molecular flexibility index (Phi) is 6.64. The van der Waals surface area contributed by atoms with Crippen molar-refractivity contribution in [2.24, 2.45) is 11.3 Å². The fourth-order valence-corrected chi connectivity index (χ4v) is 5.14. The van der Waals surface area contributed by atoms with Crippen molar-refractivity contribution in [1.82, 2.24) is 10.6 Å². The molecule has 2 amide bonds. The third-order valence-electron chi connectivity index (χ3n) is 6.90. The normalized spacial score (nSPS) is 20.2. The molecule has 2 aliphatic carbocycles. The molecule has 2 aromatic rings. The van der Waals surface area contributed by atoms with Gasteiger partial charge in [0.15, 0.2) is 0 Å². The van der Waals surface area contributed by atoms with E-state index in [1.807, 2.05) is 24.3 Å². The summed E-state index contributed by atoms with van der Waals surface area (Å²) in [6.45, 7) is 5.52. The second-order valence-electron chi connectivity index (χ2n) is 10.3.